The Hall–Kier alpha value is -1.18. The third-order valence-corrected chi connectivity index (χ3v) is 5.13. The van der Waals surface area contributed by atoms with Gasteiger partial charge in [0.05, 0.1) is 15.9 Å². The molecule has 0 saturated carbocycles. The summed E-state index contributed by atoms with van der Waals surface area (Å²) < 4.78 is 2.13. The van der Waals surface area contributed by atoms with Crippen LogP contribution in [0.1, 0.15) is 0 Å². The highest BCUT2D eigenvalue weighted by molar-refractivity contribution is 14.1. The second kappa shape index (κ2) is 6.29. The number of anilines is 1. The number of alkyl halides is 1. The minimum atomic E-state index is -0.206. The van der Waals surface area contributed by atoms with Gasteiger partial charge < -0.3 is 5.32 Å². The fraction of sp³-hybridized carbons (Fsp3) is 0.0667. The molecule has 1 N–H and O–H groups in total. The third-order valence-electron chi connectivity index (χ3n) is 2.91. The first kappa shape index (κ1) is 14.7. The van der Waals surface area contributed by atoms with Crippen LogP contribution in [0.5, 0.6) is 0 Å². The molecule has 1 aromatic heterocycles. The number of nitrogens with zero attached hydrogens (tertiary/aromatic N) is 1. The number of thiazole rings is 1. The summed E-state index contributed by atoms with van der Waals surface area (Å²) in [4.78, 5) is 16.0. The minimum Gasteiger partial charge on any atom is -0.324 e. The lowest BCUT2D eigenvalue weighted by atomic mass is 10.2. The maximum Gasteiger partial charge on any atom is 0.239 e. The number of nitrogens with one attached hydrogen (secondary N) is 1. The van der Waals surface area contributed by atoms with Crippen molar-refractivity contribution in [3.05, 3.63) is 46.0 Å². The van der Waals surface area contributed by atoms with E-state index in [2.05, 4.69) is 39.0 Å². The Morgan fingerprint density at radius 1 is 1.29 bits per heavy atom. The van der Waals surface area contributed by atoms with E-state index in [0.29, 0.717) is 0 Å². The first-order valence-corrected chi connectivity index (χ1v) is 8.61. The molecule has 0 radical (unpaired) electrons. The first-order chi connectivity index (χ1) is 10.2. The van der Waals surface area contributed by atoms with Crippen LogP contribution in [0.25, 0.3) is 20.8 Å². The molecule has 0 spiro atoms. The Labute approximate surface area is 144 Å². The Morgan fingerprint density at radius 2 is 2.10 bits per heavy atom. The van der Waals surface area contributed by atoms with Crippen LogP contribution in [0, 0.1) is 3.57 Å². The highest BCUT2D eigenvalue weighted by atomic mass is 127. The molecule has 6 heteroatoms. The van der Waals surface area contributed by atoms with Gasteiger partial charge in [-0.05, 0) is 52.9 Å². The van der Waals surface area contributed by atoms with Gasteiger partial charge in [0.25, 0.3) is 0 Å². The van der Waals surface area contributed by atoms with Gasteiger partial charge in [-0.2, -0.15) is 0 Å². The maximum atomic E-state index is 11.3. The van der Waals surface area contributed by atoms with E-state index in [1.54, 1.807) is 11.3 Å². The van der Waals surface area contributed by atoms with Crippen molar-refractivity contribution in [2.45, 2.75) is 0 Å². The van der Waals surface area contributed by atoms with Crippen LogP contribution >= 0.6 is 45.5 Å². The normalized spacial score (nSPS) is 10.8. The molecule has 0 unspecified atom stereocenters. The van der Waals surface area contributed by atoms with Gasteiger partial charge in [0, 0.05) is 9.13 Å². The highest BCUT2D eigenvalue weighted by Crippen LogP contribution is 2.32. The SMILES string of the molecule is O=C(CCl)Nc1ccc(-c2nc3ccccc3s2)cc1I. The van der Waals surface area contributed by atoms with E-state index in [9.17, 15) is 4.79 Å². The summed E-state index contributed by atoms with van der Waals surface area (Å²) in [5, 5.41) is 3.75. The lowest BCUT2D eigenvalue weighted by molar-refractivity contribution is -0.113. The van der Waals surface area contributed by atoms with Gasteiger partial charge in [-0.25, -0.2) is 4.98 Å². The standard InChI is InChI=1S/C15H10ClIN2OS/c16-8-14(20)18-11-6-5-9(7-10(11)17)15-19-12-3-1-2-4-13(12)21-15/h1-7H,8H2,(H,18,20). The average Bonchev–Trinajstić information content (AvgIpc) is 2.93. The predicted molar refractivity (Wildman–Crippen MR) is 97.1 cm³/mol. The number of rotatable bonds is 3. The van der Waals surface area contributed by atoms with Gasteiger partial charge in [0.2, 0.25) is 5.91 Å². The molecular weight excluding hydrogens is 419 g/mol. The van der Waals surface area contributed by atoms with Crippen molar-refractivity contribution in [1.29, 1.82) is 0 Å². The third kappa shape index (κ3) is 3.20. The van der Waals surface area contributed by atoms with Crippen molar-refractivity contribution in [2.24, 2.45) is 0 Å². The smallest absolute Gasteiger partial charge is 0.239 e. The predicted octanol–water partition coefficient (Wildman–Crippen LogP) is 4.75. The monoisotopic (exact) mass is 428 g/mol. The van der Waals surface area contributed by atoms with Crippen molar-refractivity contribution >= 4 is 67.3 Å². The number of benzene rings is 2. The topological polar surface area (TPSA) is 42.0 Å². The molecule has 21 heavy (non-hydrogen) atoms. The lowest BCUT2D eigenvalue weighted by Gasteiger charge is -2.07. The molecule has 1 amide bonds. The molecule has 0 aliphatic heterocycles. The number of fused-ring (bicyclic) bond motifs is 1. The van der Waals surface area contributed by atoms with Gasteiger partial charge in [-0.3, -0.25) is 4.79 Å². The molecule has 0 aliphatic carbocycles. The summed E-state index contributed by atoms with van der Waals surface area (Å²) in [6.07, 6.45) is 0. The van der Waals surface area contributed by atoms with Gasteiger partial charge in [0.1, 0.15) is 10.9 Å². The van der Waals surface area contributed by atoms with E-state index in [1.165, 1.54) is 4.70 Å². The van der Waals surface area contributed by atoms with E-state index < -0.39 is 0 Å². The zero-order chi connectivity index (χ0) is 14.8. The van der Waals surface area contributed by atoms with E-state index in [1.807, 2.05) is 36.4 Å². The second-order valence-electron chi connectivity index (χ2n) is 4.36. The quantitative estimate of drug-likeness (QED) is 0.483. The summed E-state index contributed by atoms with van der Waals surface area (Å²) in [7, 11) is 0. The van der Waals surface area contributed by atoms with Crippen molar-refractivity contribution in [1.82, 2.24) is 4.98 Å². The molecule has 0 aliphatic rings. The van der Waals surface area contributed by atoms with Crippen molar-refractivity contribution in [3.8, 4) is 10.6 Å². The zero-order valence-electron chi connectivity index (χ0n) is 10.8. The Morgan fingerprint density at radius 3 is 2.81 bits per heavy atom. The van der Waals surface area contributed by atoms with Gasteiger partial charge in [0.15, 0.2) is 0 Å². The average molecular weight is 429 g/mol. The summed E-state index contributed by atoms with van der Waals surface area (Å²) in [6.45, 7) is 0. The van der Waals surface area contributed by atoms with Crippen LogP contribution in [-0.2, 0) is 4.79 Å². The Balaban J connectivity index is 1.96. The fourth-order valence-electron chi connectivity index (χ4n) is 1.93. The molecule has 106 valence electrons. The molecule has 3 nitrogen and oxygen atoms in total. The minimum absolute atomic E-state index is 0.0459. The molecule has 2 aromatic carbocycles. The lowest BCUT2D eigenvalue weighted by Crippen LogP contribution is -2.13. The van der Waals surface area contributed by atoms with E-state index in [0.717, 1.165) is 25.3 Å². The highest BCUT2D eigenvalue weighted by Gasteiger charge is 2.09. The van der Waals surface area contributed by atoms with E-state index >= 15 is 0 Å². The van der Waals surface area contributed by atoms with Crippen molar-refractivity contribution < 1.29 is 4.79 Å². The largest absolute Gasteiger partial charge is 0.324 e. The number of para-hydroxylation sites is 1. The number of amides is 1. The summed E-state index contributed by atoms with van der Waals surface area (Å²) in [6, 6.07) is 13.9. The molecule has 0 atom stereocenters. The Bertz CT molecular complexity index is 785. The number of aromatic nitrogens is 1. The van der Waals surface area contributed by atoms with Crippen LogP contribution in [0.3, 0.4) is 0 Å². The number of halogens is 2. The van der Waals surface area contributed by atoms with Crippen molar-refractivity contribution in [3.63, 3.8) is 0 Å². The molecule has 0 saturated heterocycles. The maximum absolute atomic E-state index is 11.3. The van der Waals surface area contributed by atoms with Crippen LogP contribution in [-0.4, -0.2) is 16.8 Å². The van der Waals surface area contributed by atoms with Gasteiger partial charge in [-0.15, -0.1) is 22.9 Å². The summed E-state index contributed by atoms with van der Waals surface area (Å²) in [5.41, 5.74) is 2.82. The number of carbonyl (C=O) groups is 1. The van der Waals surface area contributed by atoms with E-state index in [4.69, 9.17) is 11.6 Å². The molecule has 0 bridgehead atoms. The van der Waals surface area contributed by atoms with Gasteiger partial charge >= 0.3 is 0 Å². The summed E-state index contributed by atoms with van der Waals surface area (Å²) >= 11 is 9.36. The van der Waals surface area contributed by atoms with Crippen LogP contribution in [0.2, 0.25) is 0 Å². The number of hydrogen-bond acceptors (Lipinski definition) is 3. The number of carbonyl (C=O) groups excluding carboxylic acids is 1. The van der Waals surface area contributed by atoms with Crippen LogP contribution in [0.15, 0.2) is 42.5 Å². The second-order valence-corrected chi connectivity index (χ2v) is 6.82. The molecule has 3 rings (SSSR count). The van der Waals surface area contributed by atoms with E-state index in [-0.39, 0.29) is 11.8 Å². The van der Waals surface area contributed by atoms with Crippen LogP contribution < -0.4 is 5.32 Å². The first-order valence-electron chi connectivity index (χ1n) is 6.18. The number of hydrogen-bond donors (Lipinski definition) is 1. The molecular formula is C15H10ClIN2OS. The molecule has 0 fully saturated rings. The van der Waals surface area contributed by atoms with Gasteiger partial charge in [-0.1, -0.05) is 12.1 Å². The molecule has 1 heterocycles. The molecule has 3 aromatic rings. The summed E-state index contributed by atoms with van der Waals surface area (Å²) in [5.74, 6) is -0.252. The fourth-order valence-corrected chi connectivity index (χ4v) is 3.61. The van der Waals surface area contributed by atoms with Crippen molar-refractivity contribution in [2.75, 3.05) is 11.2 Å². The zero-order valence-corrected chi connectivity index (χ0v) is 14.5. The van der Waals surface area contributed by atoms with Crippen LogP contribution in [0.4, 0.5) is 5.69 Å². The Kier molecular flexibility index (Phi) is 4.42.